The molecule has 1 aromatic carbocycles. The summed E-state index contributed by atoms with van der Waals surface area (Å²) in [6.45, 7) is 3.37. The van der Waals surface area contributed by atoms with Crippen molar-refractivity contribution >= 4 is 21.7 Å². The van der Waals surface area contributed by atoms with Crippen molar-refractivity contribution in [2.45, 2.75) is 25.5 Å². The maximum atomic E-state index is 11.6. The van der Waals surface area contributed by atoms with E-state index in [1.165, 1.54) is 26.0 Å². The number of carbonyl (C=O) groups excluding carboxylic acids is 1. The zero-order valence-corrected chi connectivity index (χ0v) is 12.8. The first-order chi connectivity index (χ1) is 9.72. The maximum Gasteiger partial charge on any atom is 0.335 e. The van der Waals surface area contributed by atoms with Gasteiger partial charge in [-0.05, 0) is 38.0 Å². The molecule has 7 heteroatoms. The lowest BCUT2D eigenvalue weighted by Gasteiger charge is -2.08. The minimum Gasteiger partial charge on any atom is -0.478 e. The van der Waals surface area contributed by atoms with Crippen LogP contribution in [0.15, 0.2) is 24.3 Å². The molecule has 116 valence electrons. The first-order valence-electron chi connectivity index (χ1n) is 6.53. The van der Waals surface area contributed by atoms with Crippen LogP contribution in [0.3, 0.4) is 0 Å². The zero-order valence-electron chi connectivity index (χ0n) is 12.0. The van der Waals surface area contributed by atoms with Gasteiger partial charge < -0.3 is 10.4 Å². The number of rotatable bonds is 7. The summed E-state index contributed by atoms with van der Waals surface area (Å²) in [7, 11) is -3.38. The van der Waals surface area contributed by atoms with E-state index in [9.17, 15) is 18.0 Å². The first kappa shape index (κ1) is 17.2. The minimum atomic E-state index is -3.38. The van der Waals surface area contributed by atoms with Crippen molar-refractivity contribution in [2.24, 2.45) is 0 Å². The molecule has 0 atom stereocenters. The molecule has 0 spiro atoms. The van der Waals surface area contributed by atoms with Crippen LogP contribution in [-0.2, 0) is 21.1 Å². The number of benzene rings is 1. The summed E-state index contributed by atoms with van der Waals surface area (Å²) < 4.78 is 23.1. The topological polar surface area (TPSA) is 101 Å². The van der Waals surface area contributed by atoms with Gasteiger partial charge in [-0.25, -0.2) is 13.2 Å². The summed E-state index contributed by atoms with van der Waals surface area (Å²) in [4.78, 5) is 22.2. The normalized spacial score (nSPS) is 11.4. The third-order valence-electron chi connectivity index (χ3n) is 2.99. The minimum absolute atomic E-state index is 0.200. The number of hydrogen-bond acceptors (Lipinski definition) is 4. The van der Waals surface area contributed by atoms with E-state index in [4.69, 9.17) is 5.11 Å². The lowest BCUT2D eigenvalue weighted by atomic mass is 10.1. The van der Waals surface area contributed by atoms with E-state index in [0.717, 1.165) is 5.56 Å². The summed E-state index contributed by atoms with van der Waals surface area (Å²) in [5.41, 5.74) is 1.07. The van der Waals surface area contributed by atoms with E-state index < -0.39 is 32.7 Å². The highest BCUT2D eigenvalue weighted by Gasteiger charge is 2.20. The number of sulfone groups is 1. The Balaban J connectivity index is 2.43. The first-order valence-corrected chi connectivity index (χ1v) is 8.24. The highest BCUT2D eigenvalue weighted by Crippen LogP contribution is 2.05. The van der Waals surface area contributed by atoms with E-state index in [0.29, 0.717) is 13.0 Å². The molecule has 21 heavy (non-hydrogen) atoms. The smallest absolute Gasteiger partial charge is 0.335 e. The van der Waals surface area contributed by atoms with E-state index in [1.807, 2.05) is 0 Å². The largest absolute Gasteiger partial charge is 0.478 e. The van der Waals surface area contributed by atoms with Crippen molar-refractivity contribution in [1.29, 1.82) is 0 Å². The number of nitrogens with one attached hydrogen (secondary N) is 1. The van der Waals surface area contributed by atoms with Gasteiger partial charge in [0.1, 0.15) is 5.75 Å². The molecule has 0 radical (unpaired) electrons. The highest BCUT2D eigenvalue weighted by atomic mass is 32.2. The molecule has 0 unspecified atom stereocenters. The third kappa shape index (κ3) is 5.55. The Morgan fingerprint density at radius 3 is 2.24 bits per heavy atom. The molecule has 0 aliphatic carbocycles. The Morgan fingerprint density at radius 1 is 1.19 bits per heavy atom. The van der Waals surface area contributed by atoms with Crippen LogP contribution in [0.25, 0.3) is 0 Å². The average molecular weight is 313 g/mol. The van der Waals surface area contributed by atoms with Gasteiger partial charge in [0.15, 0.2) is 9.84 Å². The van der Waals surface area contributed by atoms with Gasteiger partial charge in [0.2, 0.25) is 5.91 Å². The van der Waals surface area contributed by atoms with Crippen molar-refractivity contribution in [3.63, 3.8) is 0 Å². The van der Waals surface area contributed by atoms with Crippen molar-refractivity contribution in [1.82, 2.24) is 5.32 Å². The SMILES string of the molecule is CC(C)S(=O)(=O)CC(=O)NCCc1ccc(C(=O)O)cc1. The molecule has 0 aromatic heterocycles. The molecular weight excluding hydrogens is 294 g/mol. The summed E-state index contributed by atoms with van der Waals surface area (Å²) in [5.74, 6) is -2.03. The fraction of sp³-hybridized carbons (Fsp3) is 0.429. The molecule has 0 aliphatic rings. The monoisotopic (exact) mass is 313 g/mol. The van der Waals surface area contributed by atoms with E-state index >= 15 is 0 Å². The summed E-state index contributed by atoms with van der Waals surface area (Å²) in [6.07, 6.45) is 0.507. The molecule has 1 amide bonds. The Hall–Kier alpha value is -1.89. The van der Waals surface area contributed by atoms with E-state index in [2.05, 4.69) is 5.32 Å². The molecule has 1 aromatic rings. The van der Waals surface area contributed by atoms with Gasteiger partial charge in [-0.1, -0.05) is 12.1 Å². The Morgan fingerprint density at radius 2 is 1.76 bits per heavy atom. The van der Waals surface area contributed by atoms with Crippen LogP contribution in [0.1, 0.15) is 29.8 Å². The van der Waals surface area contributed by atoms with Gasteiger partial charge >= 0.3 is 5.97 Å². The number of aromatic carboxylic acids is 1. The van der Waals surface area contributed by atoms with Gasteiger partial charge in [-0.15, -0.1) is 0 Å². The van der Waals surface area contributed by atoms with Gasteiger partial charge in [-0.3, -0.25) is 4.79 Å². The van der Waals surface area contributed by atoms with Crippen molar-refractivity contribution in [3.8, 4) is 0 Å². The van der Waals surface area contributed by atoms with Crippen LogP contribution < -0.4 is 5.32 Å². The summed E-state index contributed by atoms with van der Waals surface area (Å²) in [6, 6.07) is 6.31. The van der Waals surface area contributed by atoms with Crippen molar-refractivity contribution in [2.75, 3.05) is 12.3 Å². The van der Waals surface area contributed by atoms with Crippen LogP contribution >= 0.6 is 0 Å². The quantitative estimate of drug-likeness (QED) is 0.778. The summed E-state index contributed by atoms with van der Waals surface area (Å²) >= 11 is 0. The predicted molar refractivity (Wildman–Crippen MR) is 79.0 cm³/mol. The lowest BCUT2D eigenvalue weighted by Crippen LogP contribution is -2.34. The molecule has 0 bridgehead atoms. The lowest BCUT2D eigenvalue weighted by molar-refractivity contribution is -0.118. The molecule has 0 saturated heterocycles. The molecule has 1 rings (SSSR count). The van der Waals surface area contributed by atoms with Crippen LogP contribution in [0, 0.1) is 0 Å². The van der Waals surface area contributed by atoms with Crippen LogP contribution in [0.2, 0.25) is 0 Å². The highest BCUT2D eigenvalue weighted by molar-refractivity contribution is 7.92. The van der Waals surface area contributed by atoms with E-state index in [-0.39, 0.29) is 5.56 Å². The second kappa shape index (κ2) is 7.21. The Bertz CT molecular complexity index is 605. The number of hydrogen-bond donors (Lipinski definition) is 2. The van der Waals surface area contributed by atoms with Gasteiger partial charge in [0.25, 0.3) is 0 Å². The van der Waals surface area contributed by atoms with Gasteiger partial charge in [0, 0.05) is 6.54 Å². The number of carboxylic acids is 1. The van der Waals surface area contributed by atoms with Crippen molar-refractivity contribution < 1.29 is 23.1 Å². The second-order valence-electron chi connectivity index (χ2n) is 4.96. The molecule has 0 saturated carbocycles. The molecule has 6 nitrogen and oxygen atoms in total. The standard InChI is InChI=1S/C14H19NO5S/c1-10(2)21(19,20)9-13(16)15-8-7-11-3-5-12(6-4-11)14(17)18/h3-6,10H,7-9H2,1-2H3,(H,15,16)(H,17,18). The van der Waals surface area contributed by atoms with Gasteiger partial charge in [-0.2, -0.15) is 0 Å². The molecule has 0 heterocycles. The molecule has 2 N–H and O–H groups in total. The predicted octanol–water partition coefficient (Wildman–Crippen LogP) is 0.867. The Labute approximate surface area is 124 Å². The molecule has 0 aliphatic heterocycles. The zero-order chi connectivity index (χ0) is 16.0. The second-order valence-corrected chi connectivity index (χ2v) is 7.52. The Kier molecular flexibility index (Phi) is 5.90. The molecule has 0 fully saturated rings. The van der Waals surface area contributed by atoms with Gasteiger partial charge in [0.05, 0.1) is 10.8 Å². The van der Waals surface area contributed by atoms with Crippen LogP contribution in [0.5, 0.6) is 0 Å². The molecular formula is C14H19NO5S. The van der Waals surface area contributed by atoms with Crippen LogP contribution in [-0.4, -0.2) is 42.9 Å². The maximum absolute atomic E-state index is 11.6. The van der Waals surface area contributed by atoms with E-state index in [1.54, 1.807) is 12.1 Å². The number of carbonyl (C=O) groups is 2. The fourth-order valence-corrected chi connectivity index (χ4v) is 2.36. The summed E-state index contributed by atoms with van der Waals surface area (Å²) in [5, 5.41) is 10.7. The van der Waals surface area contributed by atoms with Crippen molar-refractivity contribution in [3.05, 3.63) is 35.4 Å². The third-order valence-corrected chi connectivity index (χ3v) is 5.09. The number of amides is 1. The average Bonchev–Trinajstić information content (AvgIpc) is 2.38. The number of carboxylic acid groups (broad SMARTS) is 1. The fourth-order valence-electron chi connectivity index (χ4n) is 1.56. The van der Waals surface area contributed by atoms with Crippen LogP contribution in [0.4, 0.5) is 0 Å².